The van der Waals surface area contributed by atoms with Gasteiger partial charge >= 0.3 is 0 Å². The Morgan fingerprint density at radius 1 is 1.22 bits per heavy atom. The fourth-order valence-corrected chi connectivity index (χ4v) is 4.89. The molecule has 1 aliphatic heterocycles. The molecule has 0 spiro atoms. The van der Waals surface area contributed by atoms with Crippen LogP contribution in [0.2, 0.25) is 0 Å². The van der Waals surface area contributed by atoms with E-state index >= 15 is 0 Å². The number of aryl methyl sites for hydroxylation is 1. The summed E-state index contributed by atoms with van der Waals surface area (Å²) in [6.07, 6.45) is 0. The minimum absolute atomic E-state index is 0.124. The first-order valence-electron chi connectivity index (χ1n) is 9.88. The highest BCUT2D eigenvalue weighted by molar-refractivity contribution is 8.24. The van der Waals surface area contributed by atoms with Crippen LogP contribution in [0.3, 0.4) is 0 Å². The standard InChI is InChI=1S/C21H24FN5O4S/c1-12-3-4-15(14(22)9-12)24-19-13-10-17(27-5-7-32(29,30)8-6-27)18(31-2)11-16(13)25-26-20(19)21(23)28/h3-4,9-11,29-30H,5-8H2,1-2H3,(H2,23,28)(H,24,25). The number of nitrogens with zero attached hydrogens (tertiary/aromatic N) is 3. The van der Waals surface area contributed by atoms with Crippen molar-refractivity contribution in [2.45, 2.75) is 6.92 Å². The molecule has 1 amide bonds. The Hall–Kier alpha value is -3.15. The number of nitrogens with one attached hydrogen (secondary N) is 1. The molecule has 0 bridgehead atoms. The van der Waals surface area contributed by atoms with Crippen molar-refractivity contribution in [2.24, 2.45) is 5.73 Å². The molecular weight excluding hydrogens is 437 g/mol. The first kappa shape index (κ1) is 22.1. The van der Waals surface area contributed by atoms with Crippen LogP contribution in [0.5, 0.6) is 5.75 Å². The number of carbonyl (C=O) groups is 1. The largest absolute Gasteiger partial charge is 0.495 e. The molecule has 2 heterocycles. The molecule has 0 unspecified atom stereocenters. The second kappa shape index (κ2) is 8.41. The number of nitrogens with two attached hydrogens (primary N) is 1. The Morgan fingerprint density at radius 3 is 2.56 bits per heavy atom. The number of amides is 1. The summed E-state index contributed by atoms with van der Waals surface area (Å²) in [6, 6.07) is 8.13. The Morgan fingerprint density at radius 2 is 1.94 bits per heavy atom. The fourth-order valence-electron chi connectivity index (χ4n) is 3.66. The van der Waals surface area contributed by atoms with Crippen molar-refractivity contribution in [3.63, 3.8) is 0 Å². The van der Waals surface area contributed by atoms with E-state index in [1.165, 1.54) is 13.2 Å². The van der Waals surface area contributed by atoms with Crippen LogP contribution < -0.4 is 20.7 Å². The third-order valence-corrected chi connectivity index (χ3v) is 7.07. The minimum atomic E-state index is -2.58. The zero-order valence-electron chi connectivity index (χ0n) is 17.6. The van der Waals surface area contributed by atoms with Gasteiger partial charge in [-0.05, 0) is 30.7 Å². The maximum absolute atomic E-state index is 14.5. The van der Waals surface area contributed by atoms with Gasteiger partial charge in [0.15, 0.2) is 5.69 Å². The molecule has 0 aliphatic carbocycles. The number of methoxy groups -OCH3 is 1. The highest BCUT2D eigenvalue weighted by atomic mass is 32.3. The summed E-state index contributed by atoms with van der Waals surface area (Å²) >= 11 is 0. The van der Waals surface area contributed by atoms with Gasteiger partial charge in [0, 0.05) is 24.5 Å². The molecule has 0 radical (unpaired) electrons. The van der Waals surface area contributed by atoms with E-state index in [1.54, 1.807) is 31.2 Å². The topological polar surface area (TPSA) is 134 Å². The van der Waals surface area contributed by atoms with Gasteiger partial charge in [0.25, 0.3) is 5.91 Å². The molecule has 170 valence electrons. The van der Waals surface area contributed by atoms with Crippen LogP contribution in [-0.4, -0.2) is 56.9 Å². The Balaban J connectivity index is 1.86. The van der Waals surface area contributed by atoms with Crippen LogP contribution in [-0.2, 0) is 0 Å². The second-order valence-electron chi connectivity index (χ2n) is 7.63. The SMILES string of the molecule is COc1cc2nnc(C(N)=O)c(Nc3ccc(C)cc3F)c2cc1N1CCS(O)(O)CC1. The number of carbonyl (C=O) groups excluding carboxylic acids is 1. The molecule has 5 N–H and O–H groups in total. The van der Waals surface area contributed by atoms with Crippen molar-refractivity contribution in [1.29, 1.82) is 0 Å². The van der Waals surface area contributed by atoms with Crippen molar-refractivity contribution in [3.8, 4) is 5.75 Å². The number of rotatable bonds is 5. The summed E-state index contributed by atoms with van der Waals surface area (Å²) in [5.74, 6) is -0.284. The van der Waals surface area contributed by atoms with Crippen LogP contribution in [0.25, 0.3) is 10.9 Å². The predicted octanol–water partition coefficient (Wildman–Crippen LogP) is 3.50. The normalized spacial score (nSPS) is 16.6. The molecule has 9 nitrogen and oxygen atoms in total. The van der Waals surface area contributed by atoms with Gasteiger partial charge in [-0.25, -0.2) is 4.39 Å². The lowest BCUT2D eigenvalue weighted by Gasteiger charge is -2.42. The molecular formula is C21H24FN5O4S. The lowest BCUT2D eigenvalue weighted by atomic mass is 10.1. The number of hydrogen-bond donors (Lipinski definition) is 4. The first-order chi connectivity index (χ1) is 15.2. The average molecular weight is 462 g/mol. The molecule has 0 atom stereocenters. The van der Waals surface area contributed by atoms with Crippen LogP contribution in [0, 0.1) is 12.7 Å². The summed E-state index contributed by atoms with van der Waals surface area (Å²) in [6.45, 7) is 2.61. The van der Waals surface area contributed by atoms with E-state index in [0.717, 1.165) is 5.56 Å². The van der Waals surface area contributed by atoms with Crippen molar-refractivity contribution >= 4 is 44.5 Å². The van der Waals surface area contributed by atoms with E-state index in [0.29, 0.717) is 35.4 Å². The van der Waals surface area contributed by atoms with Crippen molar-refractivity contribution in [3.05, 3.63) is 47.4 Å². The highest BCUT2D eigenvalue weighted by Gasteiger charge is 2.26. The van der Waals surface area contributed by atoms with E-state index in [-0.39, 0.29) is 28.6 Å². The molecule has 1 aromatic heterocycles. The zero-order chi connectivity index (χ0) is 23.0. The maximum atomic E-state index is 14.5. The van der Waals surface area contributed by atoms with Crippen LogP contribution in [0.4, 0.5) is 21.5 Å². The molecule has 11 heteroatoms. The van der Waals surface area contributed by atoms with E-state index in [9.17, 15) is 18.3 Å². The Kier molecular flexibility index (Phi) is 5.80. The number of ether oxygens (including phenoxy) is 1. The fraction of sp³-hybridized carbons (Fsp3) is 0.286. The summed E-state index contributed by atoms with van der Waals surface area (Å²) < 4.78 is 40.0. The molecule has 2 aromatic carbocycles. The quantitative estimate of drug-likeness (QED) is 0.454. The van der Waals surface area contributed by atoms with Crippen molar-refractivity contribution in [2.75, 3.05) is 41.9 Å². The van der Waals surface area contributed by atoms with Gasteiger partial charge in [0.05, 0.1) is 41.2 Å². The third kappa shape index (κ3) is 4.27. The number of benzene rings is 2. The predicted molar refractivity (Wildman–Crippen MR) is 124 cm³/mol. The molecule has 0 saturated carbocycles. The molecule has 1 fully saturated rings. The van der Waals surface area contributed by atoms with E-state index in [4.69, 9.17) is 10.5 Å². The molecule has 1 aliphatic rings. The molecule has 1 saturated heterocycles. The molecule has 4 rings (SSSR count). The van der Waals surface area contributed by atoms with E-state index < -0.39 is 22.3 Å². The van der Waals surface area contributed by atoms with Crippen LogP contribution in [0.15, 0.2) is 30.3 Å². The van der Waals surface area contributed by atoms with E-state index in [2.05, 4.69) is 15.5 Å². The van der Waals surface area contributed by atoms with Crippen molar-refractivity contribution < 1.29 is 23.0 Å². The molecule has 32 heavy (non-hydrogen) atoms. The van der Waals surface area contributed by atoms with E-state index in [1.807, 2.05) is 4.90 Å². The van der Waals surface area contributed by atoms with Gasteiger partial charge in [-0.1, -0.05) is 6.07 Å². The van der Waals surface area contributed by atoms with Gasteiger partial charge in [0.2, 0.25) is 0 Å². The Labute approximate surface area is 185 Å². The lowest BCUT2D eigenvalue weighted by Crippen LogP contribution is -2.38. The summed E-state index contributed by atoms with van der Waals surface area (Å²) in [5, 5.41) is 11.5. The second-order valence-corrected chi connectivity index (χ2v) is 10.1. The van der Waals surface area contributed by atoms with Gasteiger partial charge in [-0.2, -0.15) is 10.6 Å². The number of anilines is 3. The number of fused-ring (bicyclic) bond motifs is 1. The van der Waals surface area contributed by atoms with Crippen LogP contribution in [0.1, 0.15) is 16.1 Å². The summed E-state index contributed by atoms with van der Waals surface area (Å²) in [4.78, 5) is 14.0. The third-order valence-electron chi connectivity index (χ3n) is 5.40. The van der Waals surface area contributed by atoms with Gasteiger partial charge in [-0.15, -0.1) is 10.2 Å². The van der Waals surface area contributed by atoms with Gasteiger partial charge < -0.3 is 20.7 Å². The smallest absolute Gasteiger partial charge is 0.271 e. The lowest BCUT2D eigenvalue weighted by molar-refractivity contribution is 0.0995. The average Bonchev–Trinajstić information content (AvgIpc) is 2.74. The number of halogens is 1. The maximum Gasteiger partial charge on any atom is 0.271 e. The number of primary amides is 1. The van der Waals surface area contributed by atoms with Crippen molar-refractivity contribution in [1.82, 2.24) is 10.2 Å². The van der Waals surface area contributed by atoms with Crippen LogP contribution >= 0.6 is 10.6 Å². The highest BCUT2D eigenvalue weighted by Crippen LogP contribution is 2.44. The van der Waals surface area contributed by atoms with Gasteiger partial charge in [-0.3, -0.25) is 13.9 Å². The summed E-state index contributed by atoms with van der Waals surface area (Å²) in [5.41, 5.74) is 7.66. The minimum Gasteiger partial charge on any atom is -0.495 e. The Bertz CT molecular complexity index is 1200. The molecule has 3 aromatic rings. The number of aromatic nitrogens is 2. The summed E-state index contributed by atoms with van der Waals surface area (Å²) in [7, 11) is -1.06. The number of hydrogen-bond acceptors (Lipinski definition) is 8. The first-order valence-corrected chi connectivity index (χ1v) is 11.8. The monoisotopic (exact) mass is 461 g/mol. The van der Waals surface area contributed by atoms with Gasteiger partial charge in [0.1, 0.15) is 11.6 Å². The zero-order valence-corrected chi connectivity index (χ0v) is 18.4.